The Hall–Kier alpha value is -2.24. The lowest BCUT2D eigenvalue weighted by atomic mass is 10.2. The lowest BCUT2D eigenvalue weighted by Gasteiger charge is -1.97. The van der Waals surface area contributed by atoms with Crippen LogP contribution < -0.4 is 0 Å². The molecule has 1 aromatic rings. The van der Waals surface area contributed by atoms with E-state index in [-0.39, 0.29) is 11.3 Å². The standard InChI is InChI=1S/C7H6O4.C2H4O2/c8-5-2-1-4(7(10)11)3-6(5)9;1-2(3)4/h1-3,8-9H,(H,10,11);1H3,(H,3,4). The van der Waals surface area contributed by atoms with Gasteiger partial charge < -0.3 is 20.4 Å². The maximum absolute atomic E-state index is 10.3. The molecule has 0 saturated carbocycles. The van der Waals surface area contributed by atoms with Crippen molar-refractivity contribution in [2.75, 3.05) is 0 Å². The van der Waals surface area contributed by atoms with E-state index in [1.165, 1.54) is 6.07 Å². The van der Waals surface area contributed by atoms with Crippen LogP contribution in [0.1, 0.15) is 17.3 Å². The predicted octanol–water partition coefficient (Wildman–Crippen LogP) is 0.887. The van der Waals surface area contributed by atoms with Gasteiger partial charge in [0.1, 0.15) is 0 Å². The fourth-order valence-corrected chi connectivity index (χ4v) is 0.656. The van der Waals surface area contributed by atoms with E-state index in [0.717, 1.165) is 19.1 Å². The second kappa shape index (κ2) is 5.48. The first-order chi connectivity index (χ1) is 6.84. The summed E-state index contributed by atoms with van der Waals surface area (Å²) in [4.78, 5) is 19.3. The molecule has 15 heavy (non-hydrogen) atoms. The quantitative estimate of drug-likeness (QED) is 0.516. The van der Waals surface area contributed by atoms with Crippen LogP contribution in [0, 0.1) is 0 Å². The zero-order valence-corrected chi connectivity index (χ0v) is 7.84. The summed E-state index contributed by atoms with van der Waals surface area (Å²) < 4.78 is 0. The van der Waals surface area contributed by atoms with Gasteiger partial charge in [0.25, 0.3) is 5.97 Å². The molecule has 6 nitrogen and oxygen atoms in total. The molecule has 0 aromatic heterocycles. The maximum Gasteiger partial charge on any atom is 0.335 e. The van der Waals surface area contributed by atoms with Crippen LogP contribution >= 0.6 is 0 Å². The fourth-order valence-electron chi connectivity index (χ4n) is 0.656. The number of carbonyl (C=O) groups is 2. The molecule has 0 amide bonds. The van der Waals surface area contributed by atoms with Crippen LogP contribution in [0.4, 0.5) is 0 Å². The minimum atomic E-state index is -1.14. The lowest BCUT2D eigenvalue weighted by Crippen LogP contribution is -1.94. The summed E-state index contributed by atoms with van der Waals surface area (Å²) in [6.45, 7) is 1.08. The Labute approximate surface area is 85.0 Å². The normalized spacial score (nSPS) is 8.60. The molecular weight excluding hydrogens is 204 g/mol. The molecule has 6 heteroatoms. The number of hydrogen-bond donors (Lipinski definition) is 4. The molecule has 0 heterocycles. The average molecular weight is 214 g/mol. The van der Waals surface area contributed by atoms with Crippen molar-refractivity contribution in [2.45, 2.75) is 6.92 Å². The third-order valence-electron chi connectivity index (χ3n) is 1.22. The van der Waals surface area contributed by atoms with Crippen molar-refractivity contribution in [3.05, 3.63) is 23.8 Å². The van der Waals surface area contributed by atoms with Crippen LogP contribution in [0.3, 0.4) is 0 Å². The first kappa shape index (κ1) is 12.8. The number of aliphatic carboxylic acids is 1. The highest BCUT2D eigenvalue weighted by Crippen LogP contribution is 2.24. The highest BCUT2D eigenvalue weighted by molar-refractivity contribution is 5.88. The van der Waals surface area contributed by atoms with Crippen LogP contribution in [-0.4, -0.2) is 32.4 Å². The largest absolute Gasteiger partial charge is 0.504 e. The predicted molar refractivity (Wildman–Crippen MR) is 50.0 cm³/mol. The molecule has 0 saturated heterocycles. The summed E-state index contributed by atoms with van der Waals surface area (Å²) in [6.07, 6.45) is 0. The van der Waals surface area contributed by atoms with Crippen LogP contribution in [0.25, 0.3) is 0 Å². The molecule has 0 spiro atoms. The van der Waals surface area contributed by atoms with Gasteiger partial charge >= 0.3 is 5.97 Å². The van der Waals surface area contributed by atoms with Gasteiger partial charge in [-0.25, -0.2) is 4.79 Å². The zero-order valence-electron chi connectivity index (χ0n) is 7.84. The Balaban J connectivity index is 0.000000423. The van der Waals surface area contributed by atoms with E-state index in [2.05, 4.69) is 0 Å². The topological polar surface area (TPSA) is 115 Å². The van der Waals surface area contributed by atoms with Gasteiger partial charge in [-0.2, -0.15) is 0 Å². The molecule has 4 N–H and O–H groups in total. The molecule has 82 valence electrons. The van der Waals surface area contributed by atoms with Crippen molar-refractivity contribution < 1.29 is 30.0 Å². The Kier molecular flexibility index (Phi) is 4.66. The number of aromatic hydroxyl groups is 2. The van der Waals surface area contributed by atoms with Crippen LogP contribution in [0.2, 0.25) is 0 Å². The summed E-state index contributed by atoms with van der Waals surface area (Å²) in [6, 6.07) is 3.31. The molecule has 1 rings (SSSR count). The first-order valence-electron chi connectivity index (χ1n) is 3.79. The van der Waals surface area contributed by atoms with E-state index >= 15 is 0 Å². The molecule has 0 aliphatic carbocycles. The van der Waals surface area contributed by atoms with E-state index in [1.54, 1.807) is 0 Å². The van der Waals surface area contributed by atoms with Crippen molar-refractivity contribution in [1.82, 2.24) is 0 Å². The van der Waals surface area contributed by atoms with Gasteiger partial charge in [-0.15, -0.1) is 0 Å². The molecule has 1 aromatic carbocycles. The summed E-state index contributed by atoms with van der Waals surface area (Å²) in [5.41, 5.74) is -0.0553. The summed E-state index contributed by atoms with van der Waals surface area (Å²) in [7, 11) is 0. The van der Waals surface area contributed by atoms with Crippen molar-refractivity contribution in [2.24, 2.45) is 0 Å². The highest BCUT2D eigenvalue weighted by Gasteiger charge is 2.05. The number of carboxylic acids is 2. The van der Waals surface area contributed by atoms with E-state index in [0.29, 0.717) is 0 Å². The number of carboxylic acid groups (broad SMARTS) is 2. The van der Waals surface area contributed by atoms with Gasteiger partial charge in [0, 0.05) is 6.92 Å². The highest BCUT2D eigenvalue weighted by atomic mass is 16.4. The molecule has 0 aliphatic rings. The summed E-state index contributed by atoms with van der Waals surface area (Å²) >= 11 is 0. The molecular formula is C9H10O6. The van der Waals surface area contributed by atoms with E-state index < -0.39 is 17.7 Å². The SMILES string of the molecule is CC(=O)O.O=C(O)c1ccc(O)c(O)c1. The maximum atomic E-state index is 10.3. The number of hydrogen-bond acceptors (Lipinski definition) is 4. The summed E-state index contributed by atoms with van der Waals surface area (Å²) in [5.74, 6) is -2.72. The van der Waals surface area contributed by atoms with Crippen molar-refractivity contribution >= 4 is 11.9 Å². The van der Waals surface area contributed by atoms with Crippen molar-refractivity contribution in [3.8, 4) is 11.5 Å². The number of phenols is 2. The van der Waals surface area contributed by atoms with Crippen LogP contribution in [0.5, 0.6) is 11.5 Å². The second-order valence-corrected chi connectivity index (χ2v) is 2.53. The van der Waals surface area contributed by atoms with Gasteiger partial charge in [-0.3, -0.25) is 4.79 Å². The molecule has 0 fully saturated rings. The van der Waals surface area contributed by atoms with E-state index in [9.17, 15) is 4.79 Å². The minimum Gasteiger partial charge on any atom is -0.504 e. The Bertz CT molecular complexity index is 367. The van der Waals surface area contributed by atoms with E-state index in [4.69, 9.17) is 25.2 Å². The number of rotatable bonds is 1. The molecule has 0 radical (unpaired) electrons. The van der Waals surface area contributed by atoms with Crippen LogP contribution in [0.15, 0.2) is 18.2 Å². The van der Waals surface area contributed by atoms with Crippen molar-refractivity contribution in [1.29, 1.82) is 0 Å². The third-order valence-corrected chi connectivity index (χ3v) is 1.22. The van der Waals surface area contributed by atoms with Gasteiger partial charge in [0.15, 0.2) is 11.5 Å². The van der Waals surface area contributed by atoms with E-state index in [1.807, 2.05) is 0 Å². The first-order valence-corrected chi connectivity index (χ1v) is 3.79. The van der Waals surface area contributed by atoms with Gasteiger partial charge in [0.05, 0.1) is 5.56 Å². The second-order valence-electron chi connectivity index (χ2n) is 2.53. The van der Waals surface area contributed by atoms with Crippen LogP contribution in [-0.2, 0) is 4.79 Å². The third kappa shape index (κ3) is 5.14. The van der Waals surface area contributed by atoms with Gasteiger partial charge in [-0.05, 0) is 18.2 Å². The Morgan fingerprint density at radius 2 is 1.53 bits per heavy atom. The molecule has 0 aliphatic heterocycles. The smallest absolute Gasteiger partial charge is 0.335 e. The molecule has 0 unspecified atom stereocenters. The number of benzene rings is 1. The van der Waals surface area contributed by atoms with Gasteiger partial charge in [-0.1, -0.05) is 0 Å². The molecule has 0 bridgehead atoms. The van der Waals surface area contributed by atoms with Crippen molar-refractivity contribution in [3.63, 3.8) is 0 Å². The molecule has 0 atom stereocenters. The minimum absolute atomic E-state index is 0.0553. The average Bonchev–Trinajstić information content (AvgIpc) is 2.08. The zero-order chi connectivity index (χ0) is 12.0. The fraction of sp³-hybridized carbons (Fsp3) is 0.111. The Morgan fingerprint density at radius 3 is 1.87 bits per heavy atom. The number of phenolic OH excluding ortho intramolecular Hbond substituents is 2. The van der Waals surface area contributed by atoms with Gasteiger partial charge in [0.2, 0.25) is 0 Å². The Morgan fingerprint density at radius 1 is 1.07 bits per heavy atom. The monoisotopic (exact) mass is 214 g/mol. The number of aromatic carboxylic acids is 1. The summed E-state index contributed by atoms with van der Waals surface area (Å²) in [5, 5.41) is 33.4. The lowest BCUT2D eigenvalue weighted by molar-refractivity contribution is -0.134.